The monoisotopic (exact) mass is 468 g/mol. The molecular formula is C24H18Cl2N2O4. The number of hydrogen-bond donors (Lipinski definition) is 4. The zero-order chi connectivity index (χ0) is 22.8. The fraction of sp³-hybridized carbons (Fsp3) is 0.0833. The SMILES string of the molecule is O=C(/C(=C(\O)c1cccc(Cl)c1)c1nc2ccccc2[nH]1)c1cccc([C@@H](O)CO)c1Cl. The van der Waals surface area contributed by atoms with Crippen molar-refractivity contribution >= 4 is 51.4 Å². The van der Waals surface area contributed by atoms with Gasteiger partial charge in [-0.25, -0.2) is 4.98 Å². The first-order chi connectivity index (χ1) is 15.4. The third-order valence-electron chi connectivity index (χ3n) is 4.99. The molecular weight excluding hydrogens is 451 g/mol. The van der Waals surface area contributed by atoms with Crippen molar-refractivity contribution in [2.24, 2.45) is 0 Å². The van der Waals surface area contributed by atoms with Crippen LogP contribution in [0.5, 0.6) is 0 Å². The van der Waals surface area contributed by atoms with Crippen LogP contribution in [0.4, 0.5) is 0 Å². The molecule has 0 aliphatic heterocycles. The maximum absolute atomic E-state index is 13.7. The molecule has 0 saturated heterocycles. The van der Waals surface area contributed by atoms with E-state index in [1.165, 1.54) is 18.2 Å². The summed E-state index contributed by atoms with van der Waals surface area (Å²) in [5.41, 5.74) is 1.75. The molecule has 1 atom stereocenters. The number of nitrogens with zero attached hydrogens (tertiary/aromatic N) is 1. The van der Waals surface area contributed by atoms with E-state index in [2.05, 4.69) is 9.97 Å². The molecule has 0 bridgehead atoms. The maximum atomic E-state index is 13.7. The Labute approximate surface area is 193 Å². The summed E-state index contributed by atoms with van der Waals surface area (Å²) in [7, 11) is 0. The molecule has 1 heterocycles. The summed E-state index contributed by atoms with van der Waals surface area (Å²) < 4.78 is 0. The van der Waals surface area contributed by atoms with Crippen LogP contribution in [0.15, 0.2) is 66.7 Å². The summed E-state index contributed by atoms with van der Waals surface area (Å²) in [6, 6.07) is 18.2. The first-order valence-electron chi connectivity index (χ1n) is 9.67. The van der Waals surface area contributed by atoms with Crippen LogP contribution in [0, 0.1) is 0 Å². The van der Waals surface area contributed by atoms with Crippen molar-refractivity contribution in [1.82, 2.24) is 9.97 Å². The van der Waals surface area contributed by atoms with Gasteiger partial charge in [-0.3, -0.25) is 4.79 Å². The van der Waals surface area contributed by atoms with Gasteiger partial charge in [-0.1, -0.05) is 59.6 Å². The first kappa shape index (κ1) is 22.0. The molecule has 0 spiro atoms. The van der Waals surface area contributed by atoms with Gasteiger partial charge in [0.15, 0.2) is 0 Å². The molecule has 3 aromatic carbocycles. The Morgan fingerprint density at radius 3 is 2.50 bits per heavy atom. The van der Waals surface area contributed by atoms with Crippen LogP contribution in [0.25, 0.3) is 22.4 Å². The third kappa shape index (κ3) is 4.13. The topological polar surface area (TPSA) is 106 Å². The molecule has 0 aliphatic rings. The number of halogens is 2. The Kier molecular flexibility index (Phi) is 6.30. The number of aliphatic hydroxyl groups excluding tert-OH is 3. The van der Waals surface area contributed by atoms with Crippen LogP contribution in [0.2, 0.25) is 10.0 Å². The molecule has 0 fully saturated rings. The lowest BCUT2D eigenvalue weighted by atomic mass is 9.96. The van der Waals surface area contributed by atoms with Gasteiger partial charge in [-0.2, -0.15) is 0 Å². The lowest BCUT2D eigenvalue weighted by Crippen LogP contribution is -2.11. The van der Waals surface area contributed by atoms with Gasteiger partial charge < -0.3 is 20.3 Å². The highest BCUT2D eigenvalue weighted by Crippen LogP contribution is 2.33. The predicted molar refractivity (Wildman–Crippen MR) is 125 cm³/mol. The summed E-state index contributed by atoms with van der Waals surface area (Å²) >= 11 is 12.5. The van der Waals surface area contributed by atoms with Crippen molar-refractivity contribution in [3.05, 3.63) is 99.3 Å². The second-order valence-electron chi connectivity index (χ2n) is 7.07. The molecule has 0 amide bonds. The number of ketones is 1. The number of nitrogens with one attached hydrogen (secondary N) is 1. The van der Waals surface area contributed by atoms with Crippen LogP contribution in [-0.2, 0) is 0 Å². The number of allylic oxidation sites excluding steroid dienone is 1. The zero-order valence-corrected chi connectivity index (χ0v) is 18.1. The Morgan fingerprint density at radius 2 is 1.78 bits per heavy atom. The van der Waals surface area contributed by atoms with Gasteiger partial charge in [-0.05, 0) is 30.3 Å². The fourth-order valence-corrected chi connectivity index (χ4v) is 3.92. The van der Waals surface area contributed by atoms with Crippen LogP contribution in [0.1, 0.15) is 33.4 Å². The number of carbonyl (C=O) groups is 1. The van der Waals surface area contributed by atoms with Gasteiger partial charge in [0.1, 0.15) is 23.3 Å². The van der Waals surface area contributed by atoms with Gasteiger partial charge in [-0.15, -0.1) is 0 Å². The van der Waals surface area contributed by atoms with Crippen molar-refractivity contribution in [2.75, 3.05) is 6.61 Å². The molecule has 0 aliphatic carbocycles. The molecule has 0 unspecified atom stereocenters. The summed E-state index contributed by atoms with van der Waals surface area (Å²) in [5.74, 6) is -0.794. The van der Waals surface area contributed by atoms with E-state index in [1.807, 2.05) is 12.1 Å². The van der Waals surface area contributed by atoms with E-state index < -0.39 is 18.5 Å². The minimum atomic E-state index is -1.25. The second kappa shape index (κ2) is 9.14. The Hall–Kier alpha value is -3.16. The number of fused-ring (bicyclic) bond motifs is 1. The molecule has 1 aromatic heterocycles. The van der Waals surface area contributed by atoms with Crippen molar-refractivity contribution in [3.8, 4) is 0 Å². The molecule has 0 radical (unpaired) electrons. The number of benzene rings is 3. The number of carbonyl (C=O) groups excluding carboxylic acids is 1. The highest BCUT2D eigenvalue weighted by molar-refractivity contribution is 6.41. The van der Waals surface area contributed by atoms with E-state index in [-0.39, 0.29) is 33.3 Å². The Morgan fingerprint density at radius 1 is 1.03 bits per heavy atom. The van der Waals surface area contributed by atoms with Crippen molar-refractivity contribution in [1.29, 1.82) is 0 Å². The Balaban J connectivity index is 1.94. The highest BCUT2D eigenvalue weighted by atomic mass is 35.5. The minimum Gasteiger partial charge on any atom is -0.506 e. The summed E-state index contributed by atoms with van der Waals surface area (Å²) in [6.45, 7) is -0.558. The average molecular weight is 469 g/mol. The summed E-state index contributed by atoms with van der Waals surface area (Å²) in [6.07, 6.45) is -1.25. The minimum absolute atomic E-state index is 0.0217. The van der Waals surface area contributed by atoms with Gasteiger partial charge in [0.25, 0.3) is 0 Å². The normalized spacial score (nSPS) is 13.1. The molecule has 0 saturated carbocycles. The number of aromatic nitrogens is 2. The van der Waals surface area contributed by atoms with Gasteiger partial charge in [0, 0.05) is 21.7 Å². The van der Waals surface area contributed by atoms with Gasteiger partial charge >= 0.3 is 0 Å². The van der Waals surface area contributed by atoms with Crippen LogP contribution < -0.4 is 0 Å². The van der Waals surface area contributed by atoms with Gasteiger partial charge in [0.05, 0.1) is 22.7 Å². The number of Topliss-reactive ketones (excluding diaryl/α,β-unsaturated/α-hetero) is 1. The number of rotatable bonds is 6. The van der Waals surface area contributed by atoms with E-state index in [1.54, 1.807) is 36.4 Å². The summed E-state index contributed by atoms with van der Waals surface area (Å²) in [4.78, 5) is 21.2. The molecule has 4 N–H and O–H groups in total. The summed E-state index contributed by atoms with van der Waals surface area (Å²) in [5, 5.41) is 30.8. The number of hydrogen-bond acceptors (Lipinski definition) is 5. The molecule has 6 nitrogen and oxygen atoms in total. The van der Waals surface area contributed by atoms with Crippen LogP contribution >= 0.6 is 23.2 Å². The van der Waals surface area contributed by atoms with Gasteiger partial charge in [0.2, 0.25) is 5.78 Å². The lowest BCUT2D eigenvalue weighted by molar-refractivity contribution is 0.0954. The van der Waals surface area contributed by atoms with Crippen LogP contribution in [-0.4, -0.2) is 37.7 Å². The Bertz CT molecular complexity index is 1310. The number of para-hydroxylation sites is 2. The third-order valence-corrected chi connectivity index (χ3v) is 5.65. The fourth-order valence-electron chi connectivity index (χ4n) is 3.39. The number of aromatic amines is 1. The van der Waals surface area contributed by atoms with Crippen molar-refractivity contribution in [2.45, 2.75) is 6.10 Å². The van der Waals surface area contributed by atoms with E-state index >= 15 is 0 Å². The average Bonchev–Trinajstić information content (AvgIpc) is 3.22. The molecule has 32 heavy (non-hydrogen) atoms. The van der Waals surface area contributed by atoms with Crippen molar-refractivity contribution < 1.29 is 20.1 Å². The first-order valence-corrected chi connectivity index (χ1v) is 10.4. The van der Waals surface area contributed by atoms with E-state index in [0.717, 1.165) is 0 Å². The highest BCUT2D eigenvalue weighted by Gasteiger charge is 2.27. The molecule has 8 heteroatoms. The maximum Gasteiger partial charge on any atom is 0.202 e. The predicted octanol–water partition coefficient (Wildman–Crippen LogP) is 5.20. The quantitative estimate of drug-likeness (QED) is 0.176. The molecule has 162 valence electrons. The molecule has 4 aromatic rings. The molecule has 4 rings (SSSR count). The van der Waals surface area contributed by atoms with E-state index in [4.69, 9.17) is 23.2 Å². The lowest BCUT2D eigenvalue weighted by Gasteiger charge is -2.14. The number of H-pyrrole nitrogens is 1. The van der Waals surface area contributed by atoms with Crippen molar-refractivity contribution in [3.63, 3.8) is 0 Å². The zero-order valence-electron chi connectivity index (χ0n) is 16.6. The van der Waals surface area contributed by atoms with E-state index in [0.29, 0.717) is 21.6 Å². The van der Waals surface area contributed by atoms with E-state index in [9.17, 15) is 20.1 Å². The number of imidazole rings is 1. The smallest absolute Gasteiger partial charge is 0.202 e. The second-order valence-corrected chi connectivity index (χ2v) is 7.89. The number of aliphatic hydroxyl groups is 3. The van der Waals surface area contributed by atoms with Crippen LogP contribution in [0.3, 0.4) is 0 Å². The standard InChI is InChI=1S/C24H18Cl2N2O4/c25-14-6-3-5-13(11-14)22(31)20(24-27-17-9-1-2-10-18(17)28-24)23(32)16-8-4-7-15(21(16)26)19(30)12-29/h1-11,19,29-31H,12H2,(H,27,28)/b22-20+/t19-/m0/s1. The largest absolute Gasteiger partial charge is 0.506 e.